The molecule has 1 amide bonds. The number of hydrogen-bond donors (Lipinski definition) is 0. The maximum absolute atomic E-state index is 12.6. The van der Waals surface area contributed by atoms with Crippen molar-refractivity contribution < 1.29 is 4.79 Å². The summed E-state index contributed by atoms with van der Waals surface area (Å²) < 4.78 is 1.70. The molecule has 0 unspecified atom stereocenters. The molecular formula is C16H22ClN3O. The topological polar surface area (TPSA) is 38.1 Å². The molecule has 114 valence electrons. The molecule has 2 atom stereocenters. The van der Waals surface area contributed by atoms with E-state index in [1.165, 1.54) is 0 Å². The van der Waals surface area contributed by atoms with Crippen molar-refractivity contribution in [2.45, 2.75) is 45.1 Å². The molecule has 0 spiro atoms. The number of allylic oxidation sites excluding steroid dienone is 2. The summed E-state index contributed by atoms with van der Waals surface area (Å²) in [5.41, 5.74) is 1.97. The maximum Gasteiger partial charge on any atom is 0.223 e. The lowest BCUT2D eigenvalue weighted by Crippen LogP contribution is -2.31. The number of carbonyl (C=O) groups is 1. The van der Waals surface area contributed by atoms with Gasteiger partial charge in [-0.15, -0.1) is 0 Å². The fraction of sp³-hybridized carbons (Fsp3) is 0.625. The van der Waals surface area contributed by atoms with Gasteiger partial charge < -0.3 is 4.90 Å². The maximum atomic E-state index is 12.6. The molecule has 1 aliphatic carbocycles. The highest BCUT2D eigenvalue weighted by molar-refractivity contribution is 6.30. The highest BCUT2D eigenvalue weighted by Gasteiger charge is 2.34. The fourth-order valence-electron chi connectivity index (χ4n) is 3.60. The molecular weight excluding hydrogens is 286 g/mol. The number of likely N-dealkylation sites (tertiary alicyclic amines) is 1. The van der Waals surface area contributed by atoms with Crippen LogP contribution in [0.3, 0.4) is 0 Å². The number of aromatic nitrogens is 2. The van der Waals surface area contributed by atoms with Gasteiger partial charge in [0, 0.05) is 25.6 Å². The number of aryl methyl sites for hydroxylation is 2. The molecule has 0 bridgehead atoms. The van der Waals surface area contributed by atoms with Crippen molar-refractivity contribution in [1.29, 1.82) is 0 Å². The molecule has 2 heterocycles. The molecule has 1 aromatic rings. The van der Waals surface area contributed by atoms with Gasteiger partial charge in [-0.2, -0.15) is 5.10 Å². The zero-order chi connectivity index (χ0) is 15.0. The van der Waals surface area contributed by atoms with Crippen LogP contribution in [0.15, 0.2) is 12.2 Å². The van der Waals surface area contributed by atoms with Crippen LogP contribution in [0.2, 0.25) is 5.15 Å². The second-order valence-corrected chi connectivity index (χ2v) is 6.49. The van der Waals surface area contributed by atoms with Gasteiger partial charge >= 0.3 is 0 Å². The van der Waals surface area contributed by atoms with Crippen molar-refractivity contribution in [1.82, 2.24) is 14.7 Å². The van der Waals surface area contributed by atoms with E-state index in [9.17, 15) is 4.79 Å². The average molecular weight is 308 g/mol. The Hall–Kier alpha value is -1.29. The molecule has 2 aliphatic rings. The summed E-state index contributed by atoms with van der Waals surface area (Å²) in [6, 6.07) is 0.101. The lowest BCUT2D eigenvalue weighted by atomic mass is 10.0. The second-order valence-electron chi connectivity index (χ2n) is 6.13. The first-order chi connectivity index (χ1) is 10.1. The molecule has 1 fully saturated rings. The highest BCUT2D eigenvalue weighted by Crippen LogP contribution is 2.38. The minimum atomic E-state index is 0.101. The third-order valence-electron chi connectivity index (χ3n) is 4.65. The Morgan fingerprint density at radius 1 is 1.48 bits per heavy atom. The van der Waals surface area contributed by atoms with Gasteiger partial charge in [-0.25, -0.2) is 0 Å². The number of rotatable bonds is 3. The third-order valence-corrected chi connectivity index (χ3v) is 5.10. The first-order valence-electron chi connectivity index (χ1n) is 7.73. The first-order valence-corrected chi connectivity index (χ1v) is 8.11. The van der Waals surface area contributed by atoms with Gasteiger partial charge in [-0.1, -0.05) is 23.8 Å². The number of halogens is 1. The molecule has 1 saturated heterocycles. The highest BCUT2D eigenvalue weighted by atomic mass is 35.5. The van der Waals surface area contributed by atoms with Crippen molar-refractivity contribution in [3.05, 3.63) is 28.6 Å². The summed E-state index contributed by atoms with van der Waals surface area (Å²) in [5.74, 6) is 0.678. The number of nitrogens with zero attached hydrogens (tertiary/aromatic N) is 3. The minimum absolute atomic E-state index is 0.101. The summed E-state index contributed by atoms with van der Waals surface area (Å²) in [5, 5.41) is 5.05. The van der Waals surface area contributed by atoms with Crippen molar-refractivity contribution in [3.8, 4) is 0 Å². The summed E-state index contributed by atoms with van der Waals surface area (Å²) >= 11 is 6.39. The van der Waals surface area contributed by atoms with Gasteiger partial charge in [0.05, 0.1) is 11.7 Å². The van der Waals surface area contributed by atoms with Crippen molar-refractivity contribution in [2.24, 2.45) is 13.0 Å². The molecule has 4 nitrogen and oxygen atoms in total. The third kappa shape index (κ3) is 2.73. The van der Waals surface area contributed by atoms with Gasteiger partial charge in [-0.05, 0) is 38.5 Å². The van der Waals surface area contributed by atoms with Crippen LogP contribution in [-0.2, 0) is 11.8 Å². The standard InChI is InChI=1S/C16H22ClN3O/c1-11-15(16(17)19(2)18-11)13-8-5-9-20(13)14(21)10-12-6-3-4-7-12/h3,6,12-13H,4-5,7-10H2,1-2H3/t12-,13+/m0/s1. The van der Waals surface area contributed by atoms with Gasteiger partial charge in [-0.3, -0.25) is 9.48 Å². The van der Waals surface area contributed by atoms with E-state index in [-0.39, 0.29) is 11.9 Å². The van der Waals surface area contributed by atoms with Crippen LogP contribution in [0.4, 0.5) is 0 Å². The Kier molecular flexibility index (Phi) is 4.07. The SMILES string of the molecule is Cc1nn(C)c(Cl)c1[C@H]1CCCN1C(=O)C[C@H]1C=CCC1. The molecule has 3 rings (SSSR count). The van der Waals surface area contributed by atoms with Crippen LogP contribution in [-0.4, -0.2) is 27.1 Å². The normalized spacial score (nSPS) is 25.0. The lowest BCUT2D eigenvalue weighted by molar-refractivity contribution is -0.132. The Bertz CT molecular complexity index is 578. The van der Waals surface area contributed by atoms with Crippen LogP contribution in [0.25, 0.3) is 0 Å². The van der Waals surface area contributed by atoms with Gasteiger partial charge in [0.25, 0.3) is 0 Å². The van der Waals surface area contributed by atoms with E-state index < -0.39 is 0 Å². The van der Waals surface area contributed by atoms with E-state index in [0.717, 1.165) is 43.5 Å². The van der Waals surface area contributed by atoms with Gasteiger partial charge in [0.1, 0.15) is 5.15 Å². The number of carbonyl (C=O) groups excluding carboxylic acids is 1. The smallest absolute Gasteiger partial charge is 0.223 e. The Balaban J connectivity index is 1.78. The zero-order valence-corrected chi connectivity index (χ0v) is 13.4. The van der Waals surface area contributed by atoms with E-state index in [0.29, 0.717) is 17.5 Å². The van der Waals surface area contributed by atoms with Crippen LogP contribution in [0, 0.1) is 12.8 Å². The minimum Gasteiger partial charge on any atom is -0.335 e. The molecule has 21 heavy (non-hydrogen) atoms. The van der Waals surface area contributed by atoms with Crippen molar-refractivity contribution in [3.63, 3.8) is 0 Å². The summed E-state index contributed by atoms with van der Waals surface area (Å²) in [6.07, 6.45) is 9.24. The predicted octanol–water partition coefficient (Wildman–Crippen LogP) is 3.40. The summed E-state index contributed by atoms with van der Waals surface area (Å²) in [6.45, 7) is 2.81. The average Bonchev–Trinajstić information content (AvgIpc) is 3.13. The lowest BCUT2D eigenvalue weighted by Gasteiger charge is -2.26. The first kappa shape index (κ1) is 14.6. The molecule has 5 heteroatoms. The van der Waals surface area contributed by atoms with Crippen molar-refractivity contribution in [2.75, 3.05) is 6.54 Å². The summed E-state index contributed by atoms with van der Waals surface area (Å²) in [7, 11) is 1.85. The molecule has 0 aromatic carbocycles. The Morgan fingerprint density at radius 3 is 2.90 bits per heavy atom. The Labute approximate surface area is 130 Å². The number of amides is 1. The van der Waals surface area contributed by atoms with Gasteiger partial charge in [0.15, 0.2) is 0 Å². The van der Waals surface area contributed by atoms with Crippen molar-refractivity contribution >= 4 is 17.5 Å². The van der Waals surface area contributed by atoms with Crippen LogP contribution in [0.5, 0.6) is 0 Å². The fourth-order valence-corrected chi connectivity index (χ4v) is 3.90. The van der Waals surface area contributed by atoms with Gasteiger partial charge in [0.2, 0.25) is 5.91 Å². The van der Waals surface area contributed by atoms with E-state index in [1.807, 2.05) is 18.9 Å². The zero-order valence-electron chi connectivity index (χ0n) is 12.7. The van der Waals surface area contributed by atoms with Crippen LogP contribution in [0.1, 0.15) is 49.4 Å². The molecule has 0 saturated carbocycles. The predicted molar refractivity (Wildman–Crippen MR) is 83.1 cm³/mol. The molecule has 0 N–H and O–H groups in total. The van der Waals surface area contributed by atoms with E-state index in [4.69, 9.17) is 11.6 Å². The van der Waals surface area contributed by atoms with Crippen LogP contribution >= 0.6 is 11.6 Å². The quantitative estimate of drug-likeness (QED) is 0.803. The van der Waals surface area contributed by atoms with E-state index in [1.54, 1.807) is 4.68 Å². The number of hydrogen-bond acceptors (Lipinski definition) is 2. The van der Waals surface area contributed by atoms with E-state index in [2.05, 4.69) is 17.3 Å². The summed E-state index contributed by atoms with van der Waals surface area (Å²) in [4.78, 5) is 14.7. The monoisotopic (exact) mass is 307 g/mol. The second kappa shape index (κ2) is 5.84. The Morgan fingerprint density at radius 2 is 2.29 bits per heavy atom. The molecule has 1 aliphatic heterocycles. The molecule has 0 radical (unpaired) electrons. The van der Waals surface area contributed by atoms with E-state index >= 15 is 0 Å². The molecule has 1 aromatic heterocycles. The largest absolute Gasteiger partial charge is 0.335 e. The van der Waals surface area contributed by atoms with Crippen LogP contribution < -0.4 is 0 Å².